The molecule has 0 spiro atoms. The molecule has 3 aromatic carbocycles. The third-order valence-electron chi connectivity index (χ3n) is 5.42. The van der Waals surface area contributed by atoms with Gasteiger partial charge in [-0.1, -0.05) is 35.9 Å². The van der Waals surface area contributed by atoms with Crippen molar-refractivity contribution in [1.29, 1.82) is 0 Å². The quantitative estimate of drug-likeness (QED) is 0.203. The van der Waals surface area contributed by atoms with E-state index in [2.05, 4.69) is 0 Å². The number of ketones is 1. The van der Waals surface area contributed by atoms with E-state index in [4.69, 9.17) is 11.6 Å². The van der Waals surface area contributed by atoms with Crippen molar-refractivity contribution in [3.63, 3.8) is 0 Å². The predicted octanol–water partition coefficient (Wildman–Crippen LogP) is 5.37. The monoisotopic (exact) mass is 482 g/mol. The standard InChI is InChI=1S/C24H19ClN2O5S/c1-16(28)23-15-21(27(29)30)9-7-18(23)6-5-17-3-2-4-22(13-17)33(31,32)26-12-11-19-14-20(25)8-10-24(19)26/h2-10,13-15H,11-12H2,1H3/b6-5+. The number of non-ortho nitro benzene ring substituents is 1. The Morgan fingerprint density at radius 1 is 1.09 bits per heavy atom. The van der Waals surface area contributed by atoms with E-state index < -0.39 is 14.9 Å². The van der Waals surface area contributed by atoms with Crippen molar-refractivity contribution in [3.8, 4) is 0 Å². The normalized spacial score (nSPS) is 13.3. The van der Waals surface area contributed by atoms with Crippen molar-refractivity contribution in [1.82, 2.24) is 0 Å². The molecule has 0 fully saturated rings. The summed E-state index contributed by atoms with van der Waals surface area (Å²) in [4.78, 5) is 22.6. The molecule has 0 saturated carbocycles. The summed E-state index contributed by atoms with van der Waals surface area (Å²) in [5.41, 5.74) is 2.68. The molecule has 0 unspecified atom stereocenters. The Labute approximate surface area is 196 Å². The predicted molar refractivity (Wildman–Crippen MR) is 128 cm³/mol. The number of Topliss-reactive ketones (excluding diaryl/α,β-unsaturated/α-hetero) is 1. The topological polar surface area (TPSA) is 97.6 Å². The number of nitrogens with zero attached hydrogens (tertiary/aromatic N) is 2. The van der Waals surface area contributed by atoms with Gasteiger partial charge in [-0.2, -0.15) is 0 Å². The van der Waals surface area contributed by atoms with Crippen LogP contribution in [0.4, 0.5) is 11.4 Å². The number of halogens is 1. The maximum atomic E-state index is 13.3. The van der Waals surface area contributed by atoms with Crippen molar-refractivity contribution in [2.24, 2.45) is 0 Å². The molecule has 0 amide bonds. The maximum Gasteiger partial charge on any atom is 0.270 e. The highest BCUT2D eigenvalue weighted by Gasteiger charge is 2.31. The van der Waals surface area contributed by atoms with Crippen LogP contribution in [0, 0.1) is 10.1 Å². The summed E-state index contributed by atoms with van der Waals surface area (Å²) in [5, 5.41) is 11.6. The van der Waals surface area contributed by atoms with Crippen molar-refractivity contribution in [2.45, 2.75) is 18.2 Å². The minimum Gasteiger partial charge on any atom is -0.294 e. The van der Waals surface area contributed by atoms with Crippen LogP contribution in [0.5, 0.6) is 0 Å². The molecule has 0 N–H and O–H groups in total. The van der Waals surface area contributed by atoms with Gasteiger partial charge in [0.05, 0.1) is 15.5 Å². The number of carbonyl (C=O) groups is 1. The summed E-state index contributed by atoms with van der Waals surface area (Å²) < 4.78 is 28.0. The van der Waals surface area contributed by atoms with Gasteiger partial charge in [0.2, 0.25) is 0 Å². The number of fused-ring (bicyclic) bond motifs is 1. The van der Waals surface area contributed by atoms with Gasteiger partial charge in [-0.3, -0.25) is 19.2 Å². The van der Waals surface area contributed by atoms with Crippen LogP contribution in [-0.2, 0) is 16.4 Å². The summed E-state index contributed by atoms with van der Waals surface area (Å²) in [6.45, 7) is 1.67. The first-order valence-corrected chi connectivity index (χ1v) is 11.9. The van der Waals surface area contributed by atoms with Crippen LogP contribution in [-0.4, -0.2) is 25.7 Å². The van der Waals surface area contributed by atoms with Crippen molar-refractivity contribution < 1.29 is 18.1 Å². The van der Waals surface area contributed by atoms with Gasteiger partial charge < -0.3 is 0 Å². The number of nitro benzene ring substituents is 1. The number of carbonyl (C=O) groups excluding carboxylic acids is 1. The van der Waals surface area contributed by atoms with Crippen LogP contribution >= 0.6 is 11.6 Å². The van der Waals surface area contributed by atoms with Gasteiger partial charge in [0.15, 0.2) is 5.78 Å². The molecule has 1 heterocycles. The molecular weight excluding hydrogens is 464 g/mol. The lowest BCUT2D eigenvalue weighted by Crippen LogP contribution is -2.29. The van der Waals surface area contributed by atoms with E-state index in [1.54, 1.807) is 48.6 Å². The summed E-state index contributed by atoms with van der Waals surface area (Å²) in [6, 6.07) is 15.7. The number of nitro groups is 1. The summed E-state index contributed by atoms with van der Waals surface area (Å²) in [6.07, 6.45) is 3.90. The molecule has 7 nitrogen and oxygen atoms in total. The molecule has 4 rings (SSSR count). The van der Waals surface area contributed by atoms with E-state index in [1.165, 1.54) is 35.5 Å². The lowest BCUT2D eigenvalue weighted by molar-refractivity contribution is -0.384. The smallest absolute Gasteiger partial charge is 0.270 e. The Hall–Kier alpha value is -3.49. The molecule has 0 bridgehead atoms. The Morgan fingerprint density at radius 3 is 2.61 bits per heavy atom. The highest BCUT2D eigenvalue weighted by atomic mass is 35.5. The maximum absolute atomic E-state index is 13.3. The molecule has 0 aliphatic carbocycles. The lowest BCUT2D eigenvalue weighted by atomic mass is 10.0. The minimum absolute atomic E-state index is 0.142. The molecule has 0 saturated heterocycles. The number of benzene rings is 3. The zero-order chi connectivity index (χ0) is 23.8. The second kappa shape index (κ2) is 8.80. The summed E-state index contributed by atoms with van der Waals surface area (Å²) in [5.74, 6) is -0.303. The molecule has 33 heavy (non-hydrogen) atoms. The Balaban J connectivity index is 1.65. The number of hydrogen-bond acceptors (Lipinski definition) is 5. The van der Waals surface area contributed by atoms with Gasteiger partial charge >= 0.3 is 0 Å². The third kappa shape index (κ3) is 4.53. The second-order valence-corrected chi connectivity index (χ2v) is 9.89. The number of rotatable bonds is 6. The van der Waals surface area contributed by atoms with Gasteiger partial charge in [-0.15, -0.1) is 0 Å². The van der Waals surface area contributed by atoms with E-state index in [0.717, 1.165) is 5.56 Å². The average molecular weight is 483 g/mol. The minimum atomic E-state index is -3.78. The highest BCUT2D eigenvalue weighted by Crippen LogP contribution is 2.34. The van der Waals surface area contributed by atoms with Crippen molar-refractivity contribution in [2.75, 3.05) is 10.8 Å². The number of sulfonamides is 1. The lowest BCUT2D eigenvalue weighted by Gasteiger charge is -2.20. The van der Waals surface area contributed by atoms with Crippen LogP contribution < -0.4 is 4.31 Å². The second-order valence-electron chi connectivity index (χ2n) is 7.59. The van der Waals surface area contributed by atoms with E-state index >= 15 is 0 Å². The first-order valence-electron chi connectivity index (χ1n) is 10.1. The zero-order valence-electron chi connectivity index (χ0n) is 17.6. The fourth-order valence-corrected chi connectivity index (χ4v) is 5.54. The van der Waals surface area contributed by atoms with Crippen LogP contribution in [0.25, 0.3) is 12.2 Å². The molecule has 0 aromatic heterocycles. The molecule has 9 heteroatoms. The van der Waals surface area contributed by atoms with Crippen molar-refractivity contribution >= 4 is 50.9 Å². The van der Waals surface area contributed by atoms with E-state index in [1.807, 2.05) is 0 Å². The van der Waals surface area contributed by atoms with E-state index in [9.17, 15) is 23.3 Å². The Morgan fingerprint density at radius 2 is 1.88 bits per heavy atom. The first-order chi connectivity index (χ1) is 15.7. The van der Waals surface area contributed by atoms with Crippen LogP contribution in [0.2, 0.25) is 5.02 Å². The van der Waals surface area contributed by atoms with Gasteiger partial charge in [0, 0.05) is 29.3 Å². The molecule has 0 atom stereocenters. The first kappa shape index (κ1) is 22.7. The zero-order valence-corrected chi connectivity index (χ0v) is 19.1. The van der Waals surface area contributed by atoms with E-state index in [-0.39, 0.29) is 21.9 Å². The Bertz CT molecular complexity index is 1420. The number of hydrogen-bond donors (Lipinski definition) is 0. The molecule has 168 valence electrons. The van der Waals surface area contributed by atoms with Crippen LogP contribution in [0.15, 0.2) is 65.6 Å². The fraction of sp³-hybridized carbons (Fsp3) is 0.125. The Kier molecular flexibility index (Phi) is 6.05. The molecular formula is C24H19ClN2O5S. The van der Waals surface area contributed by atoms with Gasteiger partial charge in [-0.25, -0.2) is 8.42 Å². The van der Waals surface area contributed by atoms with Gasteiger partial charge in [0.1, 0.15) is 0 Å². The fourth-order valence-electron chi connectivity index (χ4n) is 3.79. The van der Waals surface area contributed by atoms with E-state index in [0.29, 0.717) is 34.8 Å². The van der Waals surface area contributed by atoms with Gasteiger partial charge in [-0.05, 0) is 66.4 Å². The number of anilines is 1. The summed E-state index contributed by atoms with van der Waals surface area (Å²) >= 11 is 6.03. The SMILES string of the molecule is CC(=O)c1cc([N+](=O)[O-])ccc1/C=C/c1cccc(S(=O)(=O)N2CCc3cc(Cl)ccc32)c1. The molecule has 3 aromatic rings. The highest BCUT2D eigenvalue weighted by molar-refractivity contribution is 7.92. The molecule has 0 radical (unpaired) electrons. The molecule has 1 aliphatic heterocycles. The summed E-state index contributed by atoms with van der Waals surface area (Å²) in [7, 11) is -3.78. The largest absolute Gasteiger partial charge is 0.294 e. The molecule has 1 aliphatic rings. The third-order valence-corrected chi connectivity index (χ3v) is 7.47. The average Bonchev–Trinajstić information content (AvgIpc) is 3.21. The van der Waals surface area contributed by atoms with Gasteiger partial charge in [0.25, 0.3) is 15.7 Å². The van der Waals surface area contributed by atoms with Crippen molar-refractivity contribution in [3.05, 3.63) is 98.1 Å². The van der Waals surface area contributed by atoms with Crippen LogP contribution in [0.1, 0.15) is 34.0 Å². The van der Waals surface area contributed by atoms with Crippen LogP contribution in [0.3, 0.4) is 0 Å².